The zero-order valence-electron chi connectivity index (χ0n) is 10.2. The quantitative estimate of drug-likeness (QED) is 0.860. The van der Waals surface area contributed by atoms with Crippen molar-refractivity contribution < 1.29 is 9.90 Å². The van der Waals surface area contributed by atoms with Gasteiger partial charge in [0.2, 0.25) is 5.91 Å². The Morgan fingerprint density at radius 1 is 1.53 bits per heavy atom. The maximum absolute atomic E-state index is 11.8. The lowest BCUT2D eigenvalue weighted by atomic mass is 10.1. The third-order valence-electron chi connectivity index (χ3n) is 3.30. The first-order valence-corrected chi connectivity index (χ1v) is 6.78. The Bertz CT molecular complexity index is 397. The lowest BCUT2D eigenvalue weighted by Gasteiger charge is -2.13. The SMILES string of the molecule is Cc1nc(CNC(=O)C2CCCC2O)sc1C. The van der Waals surface area contributed by atoms with E-state index in [4.69, 9.17) is 0 Å². The van der Waals surface area contributed by atoms with Crippen molar-refractivity contribution in [1.82, 2.24) is 10.3 Å². The molecular weight excluding hydrogens is 236 g/mol. The minimum Gasteiger partial charge on any atom is -0.392 e. The molecule has 1 aliphatic carbocycles. The largest absolute Gasteiger partial charge is 0.392 e. The minimum atomic E-state index is -0.463. The van der Waals surface area contributed by atoms with Crippen LogP contribution < -0.4 is 5.32 Å². The van der Waals surface area contributed by atoms with Crippen LogP contribution in [-0.4, -0.2) is 22.1 Å². The highest BCUT2D eigenvalue weighted by atomic mass is 32.1. The summed E-state index contributed by atoms with van der Waals surface area (Å²) in [5.74, 6) is -0.266. The number of hydrogen-bond donors (Lipinski definition) is 2. The van der Waals surface area contributed by atoms with Crippen molar-refractivity contribution in [3.05, 3.63) is 15.6 Å². The fourth-order valence-corrected chi connectivity index (χ4v) is 3.03. The molecule has 4 nitrogen and oxygen atoms in total. The number of aliphatic hydroxyl groups is 1. The smallest absolute Gasteiger partial charge is 0.226 e. The summed E-state index contributed by atoms with van der Waals surface area (Å²) in [6.07, 6.45) is 2.01. The van der Waals surface area contributed by atoms with Crippen molar-refractivity contribution in [1.29, 1.82) is 0 Å². The van der Waals surface area contributed by atoms with Crippen LogP contribution in [0.3, 0.4) is 0 Å². The molecule has 0 saturated heterocycles. The van der Waals surface area contributed by atoms with Crippen molar-refractivity contribution in [3.63, 3.8) is 0 Å². The molecule has 17 heavy (non-hydrogen) atoms. The van der Waals surface area contributed by atoms with Gasteiger partial charge in [-0.05, 0) is 33.1 Å². The second kappa shape index (κ2) is 5.14. The number of rotatable bonds is 3. The van der Waals surface area contributed by atoms with E-state index in [-0.39, 0.29) is 11.8 Å². The van der Waals surface area contributed by atoms with Gasteiger partial charge in [-0.3, -0.25) is 4.79 Å². The van der Waals surface area contributed by atoms with Crippen LogP contribution in [0.1, 0.15) is 34.8 Å². The number of nitrogens with one attached hydrogen (secondary N) is 1. The molecule has 1 aromatic rings. The van der Waals surface area contributed by atoms with Gasteiger partial charge in [-0.15, -0.1) is 11.3 Å². The highest BCUT2D eigenvalue weighted by Crippen LogP contribution is 2.25. The summed E-state index contributed by atoms with van der Waals surface area (Å²) in [6, 6.07) is 0. The van der Waals surface area contributed by atoms with Crippen LogP contribution in [0.2, 0.25) is 0 Å². The number of carbonyl (C=O) groups excluding carboxylic acids is 1. The molecule has 1 aliphatic rings. The summed E-state index contributed by atoms with van der Waals surface area (Å²) in [5, 5.41) is 13.4. The van der Waals surface area contributed by atoms with Crippen LogP contribution in [0.4, 0.5) is 0 Å². The number of aryl methyl sites for hydroxylation is 2. The van der Waals surface area contributed by atoms with E-state index in [2.05, 4.69) is 10.3 Å². The predicted octanol–water partition coefficient (Wildman–Crippen LogP) is 1.54. The van der Waals surface area contributed by atoms with Crippen molar-refractivity contribution in [2.75, 3.05) is 0 Å². The molecule has 0 spiro atoms. The van der Waals surface area contributed by atoms with E-state index in [0.717, 1.165) is 30.0 Å². The van der Waals surface area contributed by atoms with Crippen LogP contribution >= 0.6 is 11.3 Å². The first-order chi connectivity index (χ1) is 8.08. The van der Waals surface area contributed by atoms with Gasteiger partial charge in [-0.1, -0.05) is 0 Å². The molecular formula is C12H18N2O2S. The predicted molar refractivity (Wildman–Crippen MR) is 66.8 cm³/mol. The molecule has 2 atom stereocenters. The van der Waals surface area contributed by atoms with Gasteiger partial charge in [-0.2, -0.15) is 0 Å². The van der Waals surface area contributed by atoms with Gasteiger partial charge < -0.3 is 10.4 Å². The molecule has 2 unspecified atom stereocenters. The number of thiazole rings is 1. The van der Waals surface area contributed by atoms with Gasteiger partial charge in [0.05, 0.1) is 24.3 Å². The van der Waals surface area contributed by atoms with E-state index >= 15 is 0 Å². The fourth-order valence-electron chi connectivity index (χ4n) is 2.15. The Morgan fingerprint density at radius 3 is 2.82 bits per heavy atom. The van der Waals surface area contributed by atoms with Gasteiger partial charge in [0, 0.05) is 4.88 Å². The van der Waals surface area contributed by atoms with Gasteiger partial charge in [0.1, 0.15) is 5.01 Å². The fraction of sp³-hybridized carbons (Fsp3) is 0.667. The second-order valence-corrected chi connectivity index (χ2v) is 5.86. The summed E-state index contributed by atoms with van der Waals surface area (Å²) in [5.41, 5.74) is 1.03. The van der Waals surface area contributed by atoms with Crippen LogP contribution in [0.15, 0.2) is 0 Å². The molecule has 2 rings (SSSR count). The summed E-state index contributed by atoms with van der Waals surface area (Å²) >= 11 is 1.61. The van der Waals surface area contributed by atoms with Gasteiger partial charge >= 0.3 is 0 Å². The van der Waals surface area contributed by atoms with E-state index in [1.165, 1.54) is 4.88 Å². The third-order valence-corrected chi connectivity index (χ3v) is 4.38. The molecule has 94 valence electrons. The molecule has 0 aromatic carbocycles. The maximum Gasteiger partial charge on any atom is 0.226 e. The average molecular weight is 254 g/mol. The van der Waals surface area contributed by atoms with Crippen LogP contribution in [0.25, 0.3) is 0 Å². The molecule has 1 heterocycles. The highest BCUT2D eigenvalue weighted by Gasteiger charge is 2.31. The molecule has 0 bridgehead atoms. The average Bonchev–Trinajstić information content (AvgIpc) is 2.83. The molecule has 2 N–H and O–H groups in total. The Morgan fingerprint density at radius 2 is 2.29 bits per heavy atom. The van der Waals surface area contributed by atoms with Gasteiger partial charge in [-0.25, -0.2) is 4.98 Å². The first kappa shape index (κ1) is 12.5. The summed E-state index contributed by atoms with van der Waals surface area (Å²) in [7, 11) is 0. The summed E-state index contributed by atoms with van der Waals surface area (Å²) < 4.78 is 0. The standard InChI is InChI=1S/C12H18N2O2S/c1-7-8(2)17-11(14-7)6-13-12(16)9-4-3-5-10(9)15/h9-10,15H,3-6H2,1-2H3,(H,13,16). The normalized spacial score (nSPS) is 23.9. The summed E-state index contributed by atoms with van der Waals surface area (Å²) in [4.78, 5) is 17.4. The highest BCUT2D eigenvalue weighted by molar-refractivity contribution is 7.11. The minimum absolute atomic E-state index is 0.0412. The Kier molecular flexibility index (Phi) is 3.79. The molecule has 1 saturated carbocycles. The number of aliphatic hydroxyl groups excluding tert-OH is 1. The molecule has 0 aliphatic heterocycles. The second-order valence-electron chi connectivity index (χ2n) is 4.57. The molecule has 5 heteroatoms. The number of nitrogens with zero attached hydrogens (tertiary/aromatic N) is 1. The van der Waals surface area contributed by atoms with E-state index in [9.17, 15) is 9.90 Å². The van der Waals surface area contributed by atoms with Crippen molar-refractivity contribution >= 4 is 17.2 Å². The molecule has 1 amide bonds. The Hall–Kier alpha value is -0.940. The Balaban J connectivity index is 1.87. The Labute approximate surface area is 105 Å². The van der Waals surface area contributed by atoms with Crippen LogP contribution in [-0.2, 0) is 11.3 Å². The van der Waals surface area contributed by atoms with Crippen molar-refractivity contribution in [2.45, 2.75) is 45.8 Å². The third kappa shape index (κ3) is 2.84. The number of amides is 1. The van der Waals surface area contributed by atoms with Gasteiger partial charge in [0.15, 0.2) is 0 Å². The molecule has 1 fully saturated rings. The lowest BCUT2D eigenvalue weighted by molar-refractivity contribution is -0.127. The summed E-state index contributed by atoms with van der Waals surface area (Å²) in [6.45, 7) is 4.47. The molecule has 0 radical (unpaired) electrons. The van der Waals surface area contributed by atoms with E-state index < -0.39 is 6.10 Å². The van der Waals surface area contributed by atoms with Crippen molar-refractivity contribution in [3.8, 4) is 0 Å². The number of aromatic nitrogens is 1. The lowest BCUT2D eigenvalue weighted by Crippen LogP contribution is -2.34. The van der Waals surface area contributed by atoms with E-state index in [1.807, 2.05) is 13.8 Å². The van der Waals surface area contributed by atoms with E-state index in [1.54, 1.807) is 11.3 Å². The number of hydrogen-bond acceptors (Lipinski definition) is 4. The van der Waals surface area contributed by atoms with Gasteiger partial charge in [0.25, 0.3) is 0 Å². The monoisotopic (exact) mass is 254 g/mol. The van der Waals surface area contributed by atoms with E-state index in [0.29, 0.717) is 6.54 Å². The topological polar surface area (TPSA) is 62.2 Å². The zero-order valence-corrected chi connectivity index (χ0v) is 11.0. The number of carbonyl (C=O) groups is 1. The van der Waals surface area contributed by atoms with Crippen molar-refractivity contribution in [2.24, 2.45) is 5.92 Å². The maximum atomic E-state index is 11.8. The molecule has 1 aromatic heterocycles. The van der Waals surface area contributed by atoms with Crippen LogP contribution in [0, 0.1) is 19.8 Å². The first-order valence-electron chi connectivity index (χ1n) is 5.96. The van der Waals surface area contributed by atoms with Crippen LogP contribution in [0.5, 0.6) is 0 Å². The zero-order chi connectivity index (χ0) is 12.4.